The van der Waals surface area contributed by atoms with E-state index in [0.717, 1.165) is 76.4 Å². The van der Waals surface area contributed by atoms with Gasteiger partial charge in [0.1, 0.15) is 5.01 Å². The lowest BCUT2D eigenvalue weighted by molar-refractivity contribution is 0.0328. The molecule has 1 saturated heterocycles. The van der Waals surface area contributed by atoms with Crippen molar-refractivity contribution in [1.29, 1.82) is 0 Å². The van der Waals surface area contributed by atoms with Gasteiger partial charge in [0.15, 0.2) is 5.82 Å². The van der Waals surface area contributed by atoms with Gasteiger partial charge in [-0.15, -0.1) is 10.2 Å². The third kappa shape index (κ3) is 3.48. The largest absolute Gasteiger partial charge is 0.379 e. The highest BCUT2D eigenvalue weighted by Crippen LogP contribution is 2.34. The molecule has 1 fully saturated rings. The first-order valence-corrected chi connectivity index (χ1v) is 11.1. The molecule has 6 rings (SSSR count). The molecule has 0 spiro atoms. The van der Waals surface area contributed by atoms with Crippen molar-refractivity contribution < 1.29 is 4.74 Å². The van der Waals surface area contributed by atoms with Crippen LogP contribution in [0.2, 0.25) is 0 Å². The van der Waals surface area contributed by atoms with Crippen LogP contribution in [0.1, 0.15) is 5.82 Å². The summed E-state index contributed by atoms with van der Waals surface area (Å²) in [5, 5.41) is 15.7. The number of para-hydroxylation sites is 1. The lowest BCUT2D eigenvalue weighted by Gasteiger charge is -2.25. The van der Waals surface area contributed by atoms with E-state index in [9.17, 15) is 0 Å². The Kier molecular flexibility index (Phi) is 4.67. The van der Waals surface area contributed by atoms with Crippen LogP contribution in [0.15, 0.2) is 60.7 Å². The van der Waals surface area contributed by atoms with Crippen molar-refractivity contribution in [3.05, 3.63) is 66.5 Å². The number of hydrogen-bond acceptors (Lipinski definition) is 7. The molecule has 0 unspecified atom stereocenters. The summed E-state index contributed by atoms with van der Waals surface area (Å²) in [7, 11) is 0. The van der Waals surface area contributed by atoms with Crippen LogP contribution in [0.5, 0.6) is 0 Å². The number of nitrogens with zero attached hydrogens (tertiary/aromatic N) is 6. The predicted molar refractivity (Wildman–Crippen MR) is 121 cm³/mol. The van der Waals surface area contributed by atoms with Gasteiger partial charge in [-0.1, -0.05) is 59.9 Å². The molecule has 154 valence electrons. The Morgan fingerprint density at radius 2 is 1.74 bits per heavy atom. The molecule has 4 heterocycles. The molecule has 8 heteroatoms. The van der Waals surface area contributed by atoms with Gasteiger partial charge in [-0.3, -0.25) is 4.90 Å². The van der Waals surface area contributed by atoms with E-state index in [1.807, 2.05) is 34.8 Å². The number of ether oxygens (including phenoxy) is 1. The van der Waals surface area contributed by atoms with Gasteiger partial charge in [0.05, 0.1) is 31.0 Å². The van der Waals surface area contributed by atoms with Crippen LogP contribution in [0.3, 0.4) is 0 Å². The molecule has 1 aliphatic heterocycles. The van der Waals surface area contributed by atoms with Crippen LogP contribution >= 0.6 is 11.3 Å². The lowest BCUT2D eigenvalue weighted by Crippen LogP contribution is -2.36. The number of aromatic nitrogens is 5. The summed E-state index contributed by atoms with van der Waals surface area (Å²) in [5.74, 6) is 0.862. The Balaban J connectivity index is 1.45. The molecule has 5 aromatic rings. The van der Waals surface area contributed by atoms with E-state index >= 15 is 0 Å². The molecule has 7 nitrogen and oxygen atoms in total. The van der Waals surface area contributed by atoms with Gasteiger partial charge in [0.2, 0.25) is 4.96 Å². The number of hydrogen-bond donors (Lipinski definition) is 0. The molecule has 0 radical (unpaired) electrons. The molecular formula is C23H20N6OS. The fraction of sp³-hybridized carbons (Fsp3) is 0.217. The summed E-state index contributed by atoms with van der Waals surface area (Å²) < 4.78 is 7.33. The highest BCUT2D eigenvalue weighted by atomic mass is 32.1. The van der Waals surface area contributed by atoms with Gasteiger partial charge >= 0.3 is 0 Å². The van der Waals surface area contributed by atoms with E-state index in [2.05, 4.69) is 45.4 Å². The summed E-state index contributed by atoms with van der Waals surface area (Å²) in [4.78, 5) is 8.03. The average molecular weight is 429 g/mol. The standard InChI is InChI=1S/C23H20N6OS/c1-2-6-16(7-3-1)20-14-18(17-8-4-5-9-19(17)24-20)22-27-29-21(25-26-23(29)31-22)15-28-10-12-30-13-11-28/h1-9,14H,10-13,15H2. The second-order valence-corrected chi connectivity index (χ2v) is 8.50. The van der Waals surface area contributed by atoms with E-state index in [0.29, 0.717) is 0 Å². The van der Waals surface area contributed by atoms with Gasteiger partial charge < -0.3 is 4.74 Å². The second-order valence-electron chi connectivity index (χ2n) is 7.54. The zero-order valence-electron chi connectivity index (χ0n) is 16.8. The van der Waals surface area contributed by atoms with Gasteiger partial charge in [0, 0.05) is 29.6 Å². The van der Waals surface area contributed by atoms with E-state index in [4.69, 9.17) is 14.8 Å². The van der Waals surface area contributed by atoms with Crippen molar-refractivity contribution in [1.82, 2.24) is 29.7 Å². The van der Waals surface area contributed by atoms with Crippen LogP contribution in [0.25, 0.3) is 37.7 Å². The SMILES string of the molecule is c1ccc(-c2cc(-c3nn4c(CN5CCOCC5)nnc4s3)c3ccccc3n2)cc1. The molecule has 0 N–H and O–H groups in total. The van der Waals surface area contributed by atoms with Crippen molar-refractivity contribution in [3.8, 4) is 21.8 Å². The van der Waals surface area contributed by atoms with Gasteiger partial charge in [0.25, 0.3) is 0 Å². The molecule has 0 aliphatic carbocycles. The first-order chi connectivity index (χ1) is 15.3. The molecule has 2 aromatic carbocycles. The quantitative estimate of drug-likeness (QED) is 0.432. The fourth-order valence-corrected chi connectivity index (χ4v) is 4.82. The molecule has 3 aromatic heterocycles. The molecular weight excluding hydrogens is 408 g/mol. The zero-order valence-corrected chi connectivity index (χ0v) is 17.6. The van der Waals surface area contributed by atoms with E-state index in [1.54, 1.807) is 11.3 Å². The third-order valence-electron chi connectivity index (χ3n) is 5.54. The molecule has 0 amide bonds. The zero-order chi connectivity index (χ0) is 20.6. The van der Waals surface area contributed by atoms with E-state index in [-0.39, 0.29) is 0 Å². The van der Waals surface area contributed by atoms with Crippen LogP contribution in [-0.4, -0.2) is 56.0 Å². The van der Waals surface area contributed by atoms with Crippen molar-refractivity contribution in [3.63, 3.8) is 0 Å². The number of rotatable bonds is 4. The maximum atomic E-state index is 5.45. The summed E-state index contributed by atoms with van der Waals surface area (Å²) in [6, 6.07) is 20.6. The summed E-state index contributed by atoms with van der Waals surface area (Å²) >= 11 is 1.56. The van der Waals surface area contributed by atoms with Crippen LogP contribution in [-0.2, 0) is 11.3 Å². The minimum absolute atomic E-state index is 0.722. The highest BCUT2D eigenvalue weighted by molar-refractivity contribution is 7.19. The minimum atomic E-state index is 0.722. The maximum Gasteiger partial charge on any atom is 0.235 e. The van der Waals surface area contributed by atoms with E-state index < -0.39 is 0 Å². The van der Waals surface area contributed by atoms with Gasteiger partial charge in [-0.05, 0) is 12.1 Å². The summed E-state index contributed by atoms with van der Waals surface area (Å²) in [6.45, 7) is 4.05. The molecule has 31 heavy (non-hydrogen) atoms. The maximum absolute atomic E-state index is 5.45. The molecule has 0 atom stereocenters. The first kappa shape index (κ1) is 18.6. The Hall–Kier alpha value is -3.20. The molecule has 1 aliphatic rings. The average Bonchev–Trinajstić information content (AvgIpc) is 3.41. The Labute approximate surface area is 182 Å². The number of benzene rings is 2. The Morgan fingerprint density at radius 1 is 0.935 bits per heavy atom. The number of morpholine rings is 1. The predicted octanol–water partition coefficient (Wildman–Crippen LogP) is 3.90. The topological polar surface area (TPSA) is 68.4 Å². The third-order valence-corrected chi connectivity index (χ3v) is 6.47. The van der Waals surface area contributed by atoms with Gasteiger partial charge in [-0.2, -0.15) is 9.61 Å². The fourth-order valence-electron chi connectivity index (χ4n) is 3.93. The first-order valence-electron chi connectivity index (χ1n) is 10.3. The Bertz CT molecular complexity index is 1360. The monoisotopic (exact) mass is 428 g/mol. The molecule has 0 bridgehead atoms. The van der Waals surface area contributed by atoms with Crippen molar-refractivity contribution in [2.24, 2.45) is 0 Å². The van der Waals surface area contributed by atoms with Crippen molar-refractivity contribution in [2.45, 2.75) is 6.54 Å². The van der Waals surface area contributed by atoms with Crippen molar-refractivity contribution in [2.75, 3.05) is 26.3 Å². The second kappa shape index (κ2) is 7.81. The Morgan fingerprint density at radius 3 is 2.61 bits per heavy atom. The van der Waals surface area contributed by atoms with Crippen LogP contribution in [0, 0.1) is 0 Å². The molecule has 0 saturated carbocycles. The lowest BCUT2D eigenvalue weighted by atomic mass is 10.0. The summed E-state index contributed by atoms with van der Waals surface area (Å²) in [6.07, 6.45) is 0. The summed E-state index contributed by atoms with van der Waals surface area (Å²) in [5.41, 5.74) is 4.05. The van der Waals surface area contributed by atoms with Crippen LogP contribution in [0.4, 0.5) is 0 Å². The van der Waals surface area contributed by atoms with Crippen molar-refractivity contribution >= 4 is 27.2 Å². The highest BCUT2D eigenvalue weighted by Gasteiger charge is 2.19. The smallest absolute Gasteiger partial charge is 0.235 e. The van der Waals surface area contributed by atoms with Gasteiger partial charge in [-0.25, -0.2) is 4.98 Å². The van der Waals surface area contributed by atoms with Crippen LogP contribution < -0.4 is 0 Å². The normalized spacial score (nSPS) is 15.1. The number of pyridine rings is 1. The van der Waals surface area contributed by atoms with E-state index in [1.165, 1.54) is 0 Å². The number of fused-ring (bicyclic) bond motifs is 2. The minimum Gasteiger partial charge on any atom is -0.379 e.